The fraction of sp³-hybridized carbons (Fsp3) is 0.500. The highest BCUT2D eigenvalue weighted by molar-refractivity contribution is 9.10. The Morgan fingerprint density at radius 3 is 2.02 bits per heavy atom. The zero-order chi connectivity index (χ0) is 33.9. The van der Waals surface area contributed by atoms with Crippen LogP contribution in [0.5, 0.6) is 0 Å². The molecule has 1 saturated carbocycles. The molecule has 0 spiro atoms. The number of hydrogen-bond acceptors (Lipinski definition) is 5. The van der Waals surface area contributed by atoms with Crippen molar-refractivity contribution in [3.63, 3.8) is 0 Å². The normalized spacial score (nSPS) is 23.9. The highest BCUT2D eigenvalue weighted by Gasteiger charge is 2.43. The van der Waals surface area contributed by atoms with Crippen molar-refractivity contribution >= 4 is 27.8 Å². The second kappa shape index (κ2) is 14.5. The number of nitrogens with zero attached hydrogens (tertiary/aromatic N) is 4. The molecule has 2 aromatic carbocycles. The van der Waals surface area contributed by atoms with Crippen LogP contribution in [0.25, 0.3) is 0 Å². The number of halogens is 7. The summed E-state index contributed by atoms with van der Waals surface area (Å²) in [6, 6.07) is 10.3. The van der Waals surface area contributed by atoms with E-state index in [1.54, 1.807) is 4.90 Å². The fourth-order valence-corrected chi connectivity index (χ4v) is 7.16. The first-order chi connectivity index (χ1) is 22.2. The first kappa shape index (κ1) is 35.1. The second-order valence-electron chi connectivity index (χ2n) is 12.5. The molecule has 2 fully saturated rings. The Kier molecular flexibility index (Phi) is 10.8. The van der Waals surface area contributed by atoms with E-state index in [0.717, 1.165) is 17.7 Å². The lowest BCUT2D eigenvalue weighted by Crippen LogP contribution is -2.59. The molecule has 5 rings (SSSR count). The van der Waals surface area contributed by atoms with Gasteiger partial charge in [0, 0.05) is 43.0 Å². The van der Waals surface area contributed by atoms with Crippen molar-refractivity contribution in [2.45, 2.75) is 101 Å². The van der Waals surface area contributed by atoms with Crippen LogP contribution in [-0.4, -0.2) is 50.1 Å². The number of hydrogen-bond donors (Lipinski definition) is 1. The molecule has 0 bridgehead atoms. The van der Waals surface area contributed by atoms with Crippen LogP contribution in [-0.2, 0) is 30.1 Å². The molecule has 1 saturated heterocycles. The number of rotatable bonds is 8. The van der Waals surface area contributed by atoms with Gasteiger partial charge < -0.3 is 14.9 Å². The van der Waals surface area contributed by atoms with Gasteiger partial charge in [-0.05, 0) is 96.6 Å². The van der Waals surface area contributed by atoms with Crippen LogP contribution >= 0.6 is 15.9 Å². The Balaban J connectivity index is 1.54. The van der Waals surface area contributed by atoms with E-state index in [1.165, 1.54) is 12.4 Å². The van der Waals surface area contributed by atoms with Crippen LogP contribution in [0.2, 0.25) is 0 Å². The van der Waals surface area contributed by atoms with Crippen molar-refractivity contribution in [1.82, 2.24) is 14.9 Å². The number of aromatic nitrogens is 2. The number of aliphatic hydroxyl groups is 1. The molecule has 2 aliphatic rings. The maximum absolute atomic E-state index is 14.2. The summed E-state index contributed by atoms with van der Waals surface area (Å²) in [6.07, 6.45) is -3.19. The number of piperidine rings is 1. The summed E-state index contributed by atoms with van der Waals surface area (Å²) in [5.41, 5.74) is -1.94. The summed E-state index contributed by atoms with van der Waals surface area (Å²) in [4.78, 5) is 26.6. The van der Waals surface area contributed by atoms with E-state index < -0.39 is 35.6 Å². The van der Waals surface area contributed by atoms with Crippen LogP contribution in [0.1, 0.15) is 74.1 Å². The molecule has 0 radical (unpaired) electrons. The lowest BCUT2D eigenvalue weighted by molar-refractivity contribution is -0.145. The number of anilines is 1. The SMILES string of the molecule is CC[C@@H]1CC(N(Cc2cc(C(F)(F)F)cc(C(F)(F)F)c2)c2ncc(Br)cn2)C[C@H](Cc2ccccc2)N1C(=O)C1CCC(O)CC1. The standard InChI is InChI=1S/C34H37BrF6N4O2/c1-2-27-16-28(17-29(14-21-6-4-3-5-7-21)45(27)31(47)23-8-10-30(46)11-9-23)44(32-42-18-26(35)19-43-32)20-22-12-24(33(36,37)38)15-25(13-22)34(39,40)41/h3-7,12-13,15,18-19,23,27-30,46H,2,8-11,14,16-17,20H2,1H3/t23?,27-,28?,29+,30?/m1/s1. The number of likely N-dealkylation sites (tertiary alicyclic amines) is 1. The third-order valence-corrected chi connectivity index (χ3v) is 9.68. The summed E-state index contributed by atoms with van der Waals surface area (Å²) in [5.74, 6) is -0.0279. The Bertz CT molecular complexity index is 1460. The lowest BCUT2D eigenvalue weighted by atomic mass is 9.81. The Hall–Kier alpha value is -3.19. The zero-order valence-electron chi connectivity index (χ0n) is 25.8. The molecule has 1 unspecified atom stereocenters. The van der Waals surface area contributed by atoms with Gasteiger partial charge in [-0.1, -0.05) is 37.3 Å². The molecule has 47 heavy (non-hydrogen) atoms. The van der Waals surface area contributed by atoms with Gasteiger partial charge in [0.25, 0.3) is 0 Å². The molecule has 1 amide bonds. The fourth-order valence-electron chi connectivity index (χ4n) is 6.95. The minimum Gasteiger partial charge on any atom is -0.393 e. The number of aliphatic hydroxyl groups excluding tert-OH is 1. The molecule has 1 aliphatic heterocycles. The van der Waals surface area contributed by atoms with Gasteiger partial charge in [0.15, 0.2) is 0 Å². The summed E-state index contributed by atoms with van der Waals surface area (Å²) in [7, 11) is 0. The van der Waals surface area contributed by atoms with Crippen LogP contribution in [0.3, 0.4) is 0 Å². The van der Waals surface area contributed by atoms with Gasteiger partial charge in [0.1, 0.15) is 0 Å². The van der Waals surface area contributed by atoms with Gasteiger partial charge in [-0.25, -0.2) is 9.97 Å². The zero-order valence-corrected chi connectivity index (χ0v) is 27.4. The molecule has 6 nitrogen and oxygen atoms in total. The summed E-state index contributed by atoms with van der Waals surface area (Å²) in [6.45, 7) is 1.67. The van der Waals surface area contributed by atoms with Gasteiger partial charge in [-0.2, -0.15) is 26.3 Å². The van der Waals surface area contributed by atoms with Gasteiger partial charge in [0.05, 0.1) is 21.7 Å². The van der Waals surface area contributed by atoms with E-state index in [1.807, 2.05) is 42.2 Å². The predicted octanol–water partition coefficient (Wildman–Crippen LogP) is 8.22. The number of carbonyl (C=O) groups excluding carboxylic acids is 1. The second-order valence-corrected chi connectivity index (χ2v) is 13.4. The summed E-state index contributed by atoms with van der Waals surface area (Å²) >= 11 is 3.30. The average molecular weight is 728 g/mol. The Morgan fingerprint density at radius 2 is 1.47 bits per heavy atom. The summed E-state index contributed by atoms with van der Waals surface area (Å²) < 4.78 is 83.3. The van der Waals surface area contributed by atoms with Crippen molar-refractivity contribution in [3.05, 3.63) is 87.7 Å². The molecule has 1 aliphatic carbocycles. The molecular weight excluding hydrogens is 690 g/mol. The van der Waals surface area contributed by atoms with Crippen molar-refractivity contribution in [1.29, 1.82) is 0 Å². The van der Waals surface area contributed by atoms with Crippen LogP contribution < -0.4 is 4.90 Å². The van der Waals surface area contributed by atoms with Crippen molar-refractivity contribution < 1.29 is 36.2 Å². The van der Waals surface area contributed by atoms with E-state index >= 15 is 0 Å². The van der Waals surface area contributed by atoms with E-state index in [9.17, 15) is 36.2 Å². The maximum atomic E-state index is 14.2. The quantitative estimate of drug-likeness (QED) is 0.237. The van der Waals surface area contributed by atoms with Gasteiger partial charge in [0.2, 0.25) is 11.9 Å². The molecule has 3 aromatic rings. The van der Waals surface area contributed by atoms with Gasteiger partial charge in [-0.3, -0.25) is 4.79 Å². The van der Waals surface area contributed by atoms with E-state index in [0.29, 0.717) is 55.8 Å². The minimum absolute atomic E-state index is 0.0299. The third-order valence-electron chi connectivity index (χ3n) is 9.27. The largest absolute Gasteiger partial charge is 0.416 e. The molecule has 254 valence electrons. The van der Waals surface area contributed by atoms with E-state index in [2.05, 4.69) is 25.9 Å². The molecule has 13 heteroatoms. The number of alkyl halides is 6. The topological polar surface area (TPSA) is 69.6 Å². The van der Waals surface area contributed by atoms with Crippen LogP contribution in [0.4, 0.5) is 32.3 Å². The maximum Gasteiger partial charge on any atom is 0.416 e. The molecule has 3 atom stereocenters. The van der Waals surface area contributed by atoms with E-state index in [-0.39, 0.29) is 48.0 Å². The predicted molar refractivity (Wildman–Crippen MR) is 168 cm³/mol. The third kappa shape index (κ3) is 8.65. The number of amides is 1. The number of carbonyl (C=O) groups is 1. The van der Waals surface area contributed by atoms with Gasteiger partial charge >= 0.3 is 12.4 Å². The average Bonchev–Trinajstić information content (AvgIpc) is 3.03. The van der Waals surface area contributed by atoms with Gasteiger partial charge in [-0.15, -0.1) is 0 Å². The monoisotopic (exact) mass is 726 g/mol. The number of benzene rings is 2. The summed E-state index contributed by atoms with van der Waals surface area (Å²) in [5, 5.41) is 10.1. The molecular formula is C34H37BrF6N4O2. The molecule has 1 N–H and O–H groups in total. The molecule has 2 heterocycles. The Morgan fingerprint density at radius 1 is 0.894 bits per heavy atom. The van der Waals surface area contributed by atoms with Crippen LogP contribution in [0.15, 0.2) is 65.4 Å². The first-order valence-corrected chi connectivity index (χ1v) is 16.6. The van der Waals surface area contributed by atoms with E-state index in [4.69, 9.17) is 0 Å². The smallest absolute Gasteiger partial charge is 0.393 e. The van der Waals surface area contributed by atoms with Crippen molar-refractivity contribution in [2.24, 2.45) is 5.92 Å². The highest BCUT2D eigenvalue weighted by Crippen LogP contribution is 2.39. The lowest BCUT2D eigenvalue weighted by Gasteiger charge is -2.49. The van der Waals surface area contributed by atoms with Crippen molar-refractivity contribution in [3.8, 4) is 0 Å². The Labute approximate surface area is 278 Å². The minimum atomic E-state index is -4.98. The van der Waals surface area contributed by atoms with Crippen LogP contribution in [0, 0.1) is 5.92 Å². The first-order valence-electron chi connectivity index (χ1n) is 15.8. The van der Waals surface area contributed by atoms with Crippen molar-refractivity contribution in [2.75, 3.05) is 4.90 Å². The highest BCUT2D eigenvalue weighted by atomic mass is 79.9. The molecule has 1 aromatic heterocycles.